The van der Waals surface area contributed by atoms with Gasteiger partial charge in [0.25, 0.3) is 0 Å². The molecule has 0 spiro atoms. The third-order valence-corrected chi connectivity index (χ3v) is 3.71. The van der Waals surface area contributed by atoms with Crippen LogP contribution in [0.1, 0.15) is 0 Å². The largest absolute Gasteiger partial charge is 0.354 e. The number of thioether (sulfide) groups is 1. The van der Waals surface area contributed by atoms with Gasteiger partial charge in [-0.05, 0) is 12.1 Å². The molecule has 0 unspecified atom stereocenters. The van der Waals surface area contributed by atoms with E-state index in [1.54, 1.807) is 0 Å². The van der Waals surface area contributed by atoms with Gasteiger partial charge in [-0.3, -0.25) is 4.98 Å². The Kier molecular flexibility index (Phi) is 2.66. The number of nitrogens with zero attached hydrogens (tertiary/aromatic N) is 3. The Hall–Kier alpha value is -1.29. The van der Waals surface area contributed by atoms with Gasteiger partial charge in [0.1, 0.15) is 5.82 Å². The minimum absolute atomic E-state index is 0.970. The van der Waals surface area contributed by atoms with Crippen LogP contribution >= 0.6 is 11.8 Å². The molecule has 3 nitrogen and oxygen atoms in total. The molecule has 0 radical (unpaired) electrons. The number of fused-ring (bicyclic) bond motifs is 1. The zero-order chi connectivity index (χ0) is 10.8. The van der Waals surface area contributed by atoms with Crippen LogP contribution in [0, 0.1) is 0 Å². The SMILES string of the molecule is c1ccc2nc(N3CCSCC3)cnc2c1. The average Bonchev–Trinajstić information content (AvgIpc) is 2.39. The van der Waals surface area contributed by atoms with E-state index in [1.807, 2.05) is 42.2 Å². The third-order valence-electron chi connectivity index (χ3n) is 2.77. The molecule has 2 heterocycles. The lowest BCUT2D eigenvalue weighted by molar-refractivity contribution is 0.839. The molecule has 1 aliphatic rings. The predicted molar refractivity (Wildman–Crippen MR) is 69.1 cm³/mol. The van der Waals surface area contributed by atoms with Gasteiger partial charge >= 0.3 is 0 Å². The van der Waals surface area contributed by atoms with Crippen LogP contribution in [0.25, 0.3) is 11.0 Å². The van der Waals surface area contributed by atoms with E-state index < -0.39 is 0 Å². The Labute approximate surface area is 98.9 Å². The Morgan fingerprint density at radius 3 is 2.62 bits per heavy atom. The molecule has 0 saturated carbocycles. The van der Waals surface area contributed by atoms with Crippen LogP contribution in [-0.2, 0) is 0 Å². The van der Waals surface area contributed by atoms with Crippen molar-refractivity contribution in [2.45, 2.75) is 0 Å². The van der Waals surface area contributed by atoms with Crippen molar-refractivity contribution >= 4 is 28.6 Å². The summed E-state index contributed by atoms with van der Waals surface area (Å²) in [7, 11) is 0. The molecular weight excluding hydrogens is 218 g/mol. The van der Waals surface area contributed by atoms with E-state index in [2.05, 4.69) is 14.9 Å². The molecule has 1 fully saturated rings. The van der Waals surface area contributed by atoms with Gasteiger partial charge in [0, 0.05) is 24.6 Å². The summed E-state index contributed by atoms with van der Waals surface area (Å²) in [5, 5.41) is 0. The second kappa shape index (κ2) is 4.29. The van der Waals surface area contributed by atoms with Crippen LogP contribution in [-0.4, -0.2) is 34.6 Å². The fourth-order valence-corrected chi connectivity index (χ4v) is 2.80. The normalized spacial score (nSPS) is 16.6. The average molecular weight is 231 g/mol. The quantitative estimate of drug-likeness (QED) is 0.752. The van der Waals surface area contributed by atoms with E-state index in [0.29, 0.717) is 0 Å². The van der Waals surface area contributed by atoms with Crippen molar-refractivity contribution in [3.05, 3.63) is 30.5 Å². The highest BCUT2D eigenvalue weighted by Gasteiger charge is 2.12. The molecule has 2 aromatic rings. The summed E-state index contributed by atoms with van der Waals surface area (Å²) >= 11 is 2.01. The number of aromatic nitrogens is 2. The lowest BCUT2D eigenvalue weighted by atomic mass is 10.3. The zero-order valence-electron chi connectivity index (χ0n) is 8.97. The highest BCUT2D eigenvalue weighted by Crippen LogP contribution is 2.18. The Morgan fingerprint density at radius 2 is 1.81 bits per heavy atom. The van der Waals surface area contributed by atoms with Crippen molar-refractivity contribution in [2.75, 3.05) is 29.5 Å². The molecule has 0 amide bonds. The Morgan fingerprint density at radius 1 is 1.06 bits per heavy atom. The molecule has 1 aromatic carbocycles. The zero-order valence-corrected chi connectivity index (χ0v) is 9.78. The summed E-state index contributed by atoms with van der Waals surface area (Å²) in [6.45, 7) is 2.16. The van der Waals surface area contributed by atoms with Gasteiger partial charge in [0.15, 0.2) is 0 Å². The number of anilines is 1. The lowest BCUT2D eigenvalue weighted by Gasteiger charge is -2.27. The van der Waals surface area contributed by atoms with Gasteiger partial charge in [0.2, 0.25) is 0 Å². The van der Waals surface area contributed by atoms with Crippen LogP contribution in [0.4, 0.5) is 5.82 Å². The van der Waals surface area contributed by atoms with E-state index in [1.165, 1.54) is 11.5 Å². The van der Waals surface area contributed by atoms with Crippen LogP contribution < -0.4 is 4.90 Å². The smallest absolute Gasteiger partial charge is 0.147 e. The van der Waals surface area contributed by atoms with E-state index >= 15 is 0 Å². The monoisotopic (exact) mass is 231 g/mol. The Bertz CT molecular complexity index is 494. The number of hydrogen-bond acceptors (Lipinski definition) is 4. The summed E-state index contributed by atoms with van der Waals surface area (Å²) in [6, 6.07) is 8.02. The van der Waals surface area contributed by atoms with E-state index in [9.17, 15) is 0 Å². The summed E-state index contributed by atoms with van der Waals surface area (Å²) in [5.41, 5.74) is 1.95. The fraction of sp³-hybridized carbons (Fsp3) is 0.333. The molecule has 1 aromatic heterocycles. The number of benzene rings is 1. The molecule has 82 valence electrons. The molecule has 3 rings (SSSR count). The van der Waals surface area contributed by atoms with Gasteiger partial charge in [-0.25, -0.2) is 4.98 Å². The van der Waals surface area contributed by atoms with E-state index in [0.717, 1.165) is 29.9 Å². The van der Waals surface area contributed by atoms with Crippen molar-refractivity contribution in [3.8, 4) is 0 Å². The maximum absolute atomic E-state index is 4.65. The van der Waals surface area contributed by atoms with Crippen LogP contribution in [0.3, 0.4) is 0 Å². The first-order chi connectivity index (χ1) is 7.93. The number of para-hydroxylation sites is 2. The van der Waals surface area contributed by atoms with Crippen molar-refractivity contribution < 1.29 is 0 Å². The first-order valence-corrected chi connectivity index (χ1v) is 6.63. The highest BCUT2D eigenvalue weighted by molar-refractivity contribution is 7.99. The standard InChI is InChI=1S/C12H13N3S/c1-2-4-11-10(3-1)13-9-12(14-11)15-5-7-16-8-6-15/h1-4,9H,5-8H2. The molecule has 1 saturated heterocycles. The first-order valence-electron chi connectivity index (χ1n) is 5.48. The molecule has 0 aliphatic carbocycles. The van der Waals surface area contributed by atoms with Gasteiger partial charge in [-0.15, -0.1) is 0 Å². The van der Waals surface area contributed by atoms with Crippen molar-refractivity contribution in [1.82, 2.24) is 9.97 Å². The molecule has 0 bridgehead atoms. The van der Waals surface area contributed by atoms with Crippen molar-refractivity contribution in [1.29, 1.82) is 0 Å². The lowest BCUT2D eigenvalue weighted by Crippen LogP contribution is -2.33. The Balaban J connectivity index is 1.97. The number of hydrogen-bond donors (Lipinski definition) is 0. The second-order valence-electron chi connectivity index (χ2n) is 3.82. The minimum Gasteiger partial charge on any atom is -0.354 e. The van der Waals surface area contributed by atoms with Gasteiger partial charge in [0.05, 0.1) is 17.2 Å². The predicted octanol–water partition coefficient (Wildman–Crippen LogP) is 2.18. The minimum atomic E-state index is 0.970. The summed E-state index contributed by atoms with van der Waals surface area (Å²) < 4.78 is 0. The first kappa shape index (κ1) is 9.90. The van der Waals surface area contributed by atoms with Crippen LogP contribution in [0.2, 0.25) is 0 Å². The van der Waals surface area contributed by atoms with Crippen LogP contribution in [0.15, 0.2) is 30.5 Å². The van der Waals surface area contributed by atoms with Gasteiger partial charge in [-0.1, -0.05) is 12.1 Å². The topological polar surface area (TPSA) is 29.0 Å². The fourth-order valence-electron chi connectivity index (χ4n) is 1.89. The highest BCUT2D eigenvalue weighted by atomic mass is 32.2. The van der Waals surface area contributed by atoms with E-state index in [4.69, 9.17) is 0 Å². The maximum Gasteiger partial charge on any atom is 0.147 e. The van der Waals surface area contributed by atoms with Crippen molar-refractivity contribution in [3.63, 3.8) is 0 Å². The molecular formula is C12H13N3S. The number of rotatable bonds is 1. The summed E-state index contributed by atoms with van der Waals surface area (Å²) in [6.07, 6.45) is 1.89. The second-order valence-corrected chi connectivity index (χ2v) is 5.04. The van der Waals surface area contributed by atoms with Gasteiger partial charge < -0.3 is 4.90 Å². The molecule has 0 N–H and O–H groups in total. The summed E-state index contributed by atoms with van der Waals surface area (Å²) in [5.74, 6) is 3.39. The molecule has 4 heteroatoms. The summed E-state index contributed by atoms with van der Waals surface area (Å²) in [4.78, 5) is 11.4. The molecule has 1 aliphatic heterocycles. The molecule has 16 heavy (non-hydrogen) atoms. The maximum atomic E-state index is 4.65. The van der Waals surface area contributed by atoms with E-state index in [-0.39, 0.29) is 0 Å². The molecule has 0 atom stereocenters. The van der Waals surface area contributed by atoms with Crippen molar-refractivity contribution in [2.24, 2.45) is 0 Å². The van der Waals surface area contributed by atoms with Gasteiger partial charge in [-0.2, -0.15) is 11.8 Å². The third kappa shape index (κ3) is 1.85. The van der Waals surface area contributed by atoms with Crippen LogP contribution in [0.5, 0.6) is 0 Å².